The summed E-state index contributed by atoms with van der Waals surface area (Å²) in [5, 5.41) is 8.52. The summed E-state index contributed by atoms with van der Waals surface area (Å²) in [7, 11) is 0. The van der Waals surface area contributed by atoms with Crippen LogP contribution in [0.4, 0.5) is 0 Å². The summed E-state index contributed by atoms with van der Waals surface area (Å²) in [5.41, 5.74) is 1.23. The average molecular weight is 204 g/mol. The Morgan fingerprint density at radius 3 is 2.93 bits per heavy atom. The third-order valence-corrected chi connectivity index (χ3v) is 2.37. The minimum atomic E-state index is -0.425. The third-order valence-electron chi connectivity index (χ3n) is 1.59. The average Bonchev–Trinajstić information content (AvgIpc) is 2.70. The van der Waals surface area contributed by atoms with Crippen LogP contribution in [0.15, 0.2) is 22.7 Å². The van der Waals surface area contributed by atoms with E-state index >= 15 is 0 Å². The van der Waals surface area contributed by atoms with Crippen LogP contribution in [0.25, 0.3) is 10.7 Å². The molecule has 2 aromatic heterocycles. The molecular formula is C8H4N4OS. The highest BCUT2D eigenvalue weighted by atomic mass is 32.1. The number of aromatic nitrogens is 3. The van der Waals surface area contributed by atoms with E-state index in [1.54, 1.807) is 17.8 Å². The van der Waals surface area contributed by atoms with Crippen molar-refractivity contribution in [3.05, 3.63) is 33.8 Å². The zero-order valence-electron chi connectivity index (χ0n) is 6.89. The summed E-state index contributed by atoms with van der Waals surface area (Å²) in [4.78, 5) is 22.3. The first-order valence-corrected chi connectivity index (χ1v) is 4.57. The van der Waals surface area contributed by atoms with Crippen molar-refractivity contribution < 1.29 is 0 Å². The van der Waals surface area contributed by atoms with Crippen LogP contribution in [0.3, 0.4) is 0 Å². The van der Waals surface area contributed by atoms with Crippen LogP contribution in [0, 0.1) is 11.3 Å². The van der Waals surface area contributed by atoms with Gasteiger partial charge in [0.25, 0.3) is 5.56 Å². The summed E-state index contributed by atoms with van der Waals surface area (Å²) < 4.78 is 0. The van der Waals surface area contributed by atoms with Gasteiger partial charge >= 0.3 is 0 Å². The number of H-pyrrole nitrogens is 1. The predicted octanol–water partition coefficient (Wildman–Crippen LogP) is 0.765. The first-order valence-electron chi connectivity index (χ1n) is 3.69. The Labute approximate surface area is 82.7 Å². The lowest BCUT2D eigenvalue weighted by Crippen LogP contribution is -2.11. The van der Waals surface area contributed by atoms with Crippen LogP contribution in [0.5, 0.6) is 0 Å². The molecule has 2 aromatic rings. The quantitative estimate of drug-likeness (QED) is 0.743. The third kappa shape index (κ3) is 1.41. The van der Waals surface area contributed by atoms with Crippen LogP contribution in [0.1, 0.15) is 5.56 Å². The second-order valence-corrected chi connectivity index (χ2v) is 3.34. The Morgan fingerprint density at radius 1 is 1.50 bits per heavy atom. The minimum absolute atomic E-state index is 0.0123. The van der Waals surface area contributed by atoms with Gasteiger partial charge in [0, 0.05) is 6.20 Å². The summed E-state index contributed by atoms with van der Waals surface area (Å²) in [6, 6.07) is 1.75. The van der Waals surface area contributed by atoms with Gasteiger partial charge in [0.05, 0.1) is 16.6 Å². The van der Waals surface area contributed by atoms with E-state index in [4.69, 9.17) is 5.26 Å². The molecule has 0 radical (unpaired) electrons. The molecule has 0 bridgehead atoms. The predicted molar refractivity (Wildman–Crippen MR) is 50.7 cm³/mol. The molecule has 0 aliphatic rings. The van der Waals surface area contributed by atoms with Crippen molar-refractivity contribution in [1.82, 2.24) is 15.0 Å². The molecule has 6 heteroatoms. The van der Waals surface area contributed by atoms with Gasteiger partial charge in [-0.2, -0.15) is 5.26 Å². The van der Waals surface area contributed by atoms with Gasteiger partial charge in [-0.25, -0.2) is 4.98 Å². The Balaban J connectivity index is 2.55. The first-order chi connectivity index (χ1) is 6.81. The van der Waals surface area contributed by atoms with Crippen LogP contribution >= 0.6 is 11.3 Å². The zero-order valence-corrected chi connectivity index (χ0v) is 7.71. The Hall–Kier alpha value is -2.00. The lowest BCUT2D eigenvalue weighted by molar-refractivity contribution is 1.11. The van der Waals surface area contributed by atoms with Crippen molar-refractivity contribution in [2.45, 2.75) is 0 Å². The van der Waals surface area contributed by atoms with Crippen molar-refractivity contribution in [2.75, 3.05) is 0 Å². The van der Waals surface area contributed by atoms with E-state index in [0.717, 1.165) is 4.88 Å². The number of hydrogen-bond acceptors (Lipinski definition) is 5. The number of hydrogen-bond donors (Lipinski definition) is 1. The Bertz CT molecular complexity index is 537. The topological polar surface area (TPSA) is 82.4 Å². The van der Waals surface area contributed by atoms with E-state index in [0.29, 0.717) is 5.82 Å². The number of aromatic amines is 1. The summed E-state index contributed by atoms with van der Waals surface area (Å²) >= 11 is 1.37. The van der Waals surface area contributed by atoms with Gasteiger partial charge in [-0.05, 0) is 0 Å². The fraction of sp³-hybridized carbons (Fsp3) is 0. The maximum atomic E-state index is 11.2. The molecule has 0 unspecified atom stereocenters. The fourth-order valence-corrected chi connectivity index (χ4v) is 1.50. The molecule has 0 fully saturated rings. The minimum Gasteiger partial charge on any atom is -0.305 e. The molecule has 14 heavy (non-hydrogen) atoms. The van der Waals surface area contributed by atoms with E-state index in [-0.39, 0.29) is 5.56 Å². The number of thiazole rings is 1. The van der Waals surface area contributed by atoms with Gasteiger partial charge in [0.15, 0.2) is 5.82 Å². The molecule has 0 aromatic carbocycles. The standard InChI is InChI=1S/C8H4N4OS/c9-1-5-2-11-7(12-8(5)13)6-3-10-4-14-6/h2-4H,(H,11,12,13). The number of nitrogens with zero attached hydrogens (tertiary/aromatic N) is 3. The normalized spacial score (nSPS) is 9.64. The van der Waals surface area contributed by atoms with Gasteiger partial charge in [-0.1, -0.05) is 0 Å². The molecular weight excluding hydrogens is 200 g/mol. The summed E-state index contributed by atoms with van der Waals surface area (Å²) in [6.45, 7) is 0. The number of nitriles is 1. The van der Waals surface area contributed by atoms with Crippen molar-refractivity contribution in [3.63, 3.8) is 0 Å². The van der Waals surface area contributed by atoms with Gasteiger partial charge in [0.2, 0.25) is 0 Å². The van der Waals surface area contributed by atoms with Gasteiger partial charge < -0.3 is 4.98 Å². The van der Waals surface area contributed by atoms with E-state index < -0.39 is 5.56 Å². The molecule has 5 nitrogen and oxygen atoms in total. The van der Waals surface area contributed by atoms with E-state index in [1.807, 2.05) is 0 Å². The van der Waals surface area contributed by atoms with E-state index in [9.17, 15) is 4.79 Å². The number of rotatable bonds is 1. The van der Waals surface area contributed by atoms with Crippen molar-refractivity contribution in [1.29, 1.82) is 5.26 Å². The maximum Gasteiger partial charge on any atom is 0.269 e. The molecule has 2 heterocycles. The lowest BCUT2D eigenvalue weighted by atomic mass is 10.3. The SMILES string of the molecule is N#Cc1cnc(-c2cncs2)[nH]c1=O. The molecule has 0 spiro atoms. The zero-order chi connectivity index (χ0) is 9.97. The molecule has 0 saturated carbocycles. The fourth-order valence-electron chi connectivity index (χ4n) is 0.932. The van der Waals surface area contributed by atoms with Crippen molar-refractivity contribution in [2.24, 2.45) is 0 Å². The molecule has 0 atom stereocenters. The monoisotopic (exact) mass is 204 g/mol. The Kier molecular flexibility index (Phi) is 2.08. The number of nitrogens with one attached hydrogen (secondary N) is 1. The van der Waals surface area contributed by atoms with Crippen molar-refractivity contribution in [3.8, 4) is 16.8 Å². The molecule has 0 aliphatic carbocycles. The van der Waals surface area contributed by atoms with Crippen LogP contribution < -0.4 is 5.56 Å². The highest BCUT2D eigenvalue weighted by molar-refractivity contribution is 7.13. The Morgan fingerprint density at radius 2 is 2.36 bits per heavy atom. The summed E-state index contributed by atoms with van der Waals surface area (Å²) in [5.74, 6) is 0.441. The van der Waals surface area contributed by atoms with Gasteiger partial charge in [-0.15, -0.1) is 11.3 Å². The second-order valence-electron chi connectivity index (χ2n) is 2.45. The molecule has 0 saturated heterocycles. The van der Waals surface area contributed by atoms with Gasteiger partial charge in [0.1, 0.15) is 11.6 Å². The van der Waals surface area contributed by atoms with Gasteiger partial charge in [-0.3, -0.25) is 9.78 Å². The molecule has 68 valence electrons. The van der Waals surface area contributed by atoms with Crippen LogP contribution in [0.2, 0.25) is 0 Å². The van der Waals surface area contributed by atoms with E-state index in [2.05, 4.69) is 15.0 Å². The summed E-state index contributed by atoms with van der Waals surface area (Å²) in [6.07, 6.45) is 2.86. The molecule has 0 amide bonds. The molecule has 0 aliphatic heterocycles. The smallest absolute Gasteiger partial charge is 0.269 e. The highest BCUT2D eigenvalue weighted by Crippen LogP contribution is 2.16. The molecule has 1 N–H and O–H groups in total. The van der Waals surface area contributed by atoms with E-state index in [1.165, 1.54) is 17.5 Å². The maximum absolute atomic E-state index is 11.2. The lowest BCUT2D eigenvalue weighted by Gasteiger charge is -1.94. The molecule has 2 rings (SSSR count). The van der Waals surface area contributed by atoms with Crippen LogP contribution in [-0.2, 0) is 0 Å². The second kappa shape index (κ2) is 3.40. The van der Waals surface area contributed by atoms with Crippen molar-refractivity contribution >= 4 is 11.3 Å². The van der Waals surface area contributed by atoms with Crippen LogP contribution in [-0.4, -0.2) is 15.0 Å². The largest absolute Gasteiger partial charge is 0.305 e. The highest BCUT2D eigenvalue weighted by Gasteiger charge is 2.04. The first kappa shape index (κ1) is 8.59.